The second-order valence-corrected chi connectivity index (χ2v) is 6.82. The molecule has 0 aliphatic carbocycles. The Labute approximate surface area is 144 Å². The summed E-state index contributed by atoms with van der Waals surface area (Å²) >= 11 is 1.41. The molecule has 0 spiro atoms. The van der Waals surface area contributed by atoms with Crippen LogP contribution in [0.2, 0.25) is 0 Å². The van der Waals surface area contributed by atoms with Gasteiger partial charge in [0, 0.05) is 29.3 Å². The normalized spacial score (nSPS) is 13.5. The van der Waals surface area contributed by atoms with Gasteiger partial charge in [-0.1, -0.05) is 18.2 Å². The number of para-hydroxylation sites is 1. The Balaban J connectivity index is 1.69. The predicted octanol–water partition coefficient (Wildman–Crippen LogP) is 3.97. The number of anilines is 1. The summed E-state index contributed by atoms with van der Waals surface area (Å²) in [6.45, 7) is 2.78. The molecule has 24 heavy (non-hydrogen) atoms. The second-order valence-electron chi connectivity index (χ2n) is 5.77. The number of thioether (sulfide) groups is 1. The molecule has 0 bridgehead atoms. The highest BCUT2D eigenvalue weighted by molar-refractivity contribution is 8.00. The van der Waals surface area contributed by atoms with E-state index < -0.39 is 4.92 Å². The van der Waals surface area contributed by atoms with Crippen LogP contribution in [0.3, 0.4) is 0 Å². The Hall–Kier alpha value is -2.34. The minimum Gasteiger partial charge on any atom is -0.311 e. The maximum atomic E-state index is 12.7. The van der Waals surface area contributed by atoms with E-state index in [2.05, 4.69) is 6.07 Å². The van der Waals surface area contributed by atoms with Gasteiger partial charge in [0.15, 0.2) is 0 Å². The number of benzene rings is 2. The van der Waals surface area contributed by atoms with Crippen molar-refractivity contribution in [3.8, 4) is 0 Å². The van der Waals surface area contributed by atoms with E-state index in [1.807, 2.05) is 24.0 Å². The number of fused-ring (bicyclic) bond motifs is 1. The van der Waals surface area contributed by atoms with Gasteiger partial charge in [0.1, 0.15) is 0 Å². The van der Waals surface area contributed by atoms with Crippen LogP contribution < -0.4 is 4.90 Å². The van der Waals surface area contributed by atoms with Crippen molar-refractivity contribution >= 4 is 29.0 Å². The third kappa shape index (κ3) is 3.43. The SMILES string of the molecule is Cc1cccc2c1N(C(=O)CSc1ccc([N+](=O)[O-])cc1)CCC2. The van der Waals surface area contributed by atoms with E-state index in [4.69, 9.17) is 0 Å². The number of amides is 1. The number of nitro benzene ring substituents is 1. The Morgan fingerprint density at radius 3 is 2.71 bits per heavy atom. The monoisotopic (exact) mass is 342 g/mol. The van der Waals surface area contributed by atoms with Gasteiger partial charge < -0.3 is 4.90 Å². The molecule has 1 amide bonds. The number of carbonyl (C=O) groups excluding carboxylic acids is 1. The summed E-state index contributed by atoms with van der Waals surface area (Å²) in [5, 5.41) is 10.7. The van der Waals surface area contributed by atoms with Crippen molar-refractivity contribution in [3.05, 3.63) is 63.7 Å². The number of non-ortho nitro benzene ring substituents is 1. The molecular weight excluding hydrogens is 324 g/mol. The third-order valence-corrected chi connectivity index (χ3v) is 5.13. The van der Waals surface area contributed by atoms with Crippen molar-refractivity contribution in [2.75, 3.05) is 17.2 Å². The van der Waals surface area contributed by atoms with Crippen LogP contribution in [0.4, 0.5) is 11.4 Å². The molecule has 0 N–H and O–H groups in total. The Morgan fingerprint density at radius 1 is 1.25 bits per heavy atom. The van der Waals surface area contributed by atoms with Gasteiger partial charge in [-0.3, -0.25) is 14.9 Å². The van der Waals surface area contributed by atoms with E-state index in [9.17, 15) is 14.9 Å². The van der Waals surface area contributed by atoms with Crippen LogP contribution in [0, 0.1) is 17.0 Å². The van der Waals surface area contributed by atoms with E-state index in [1.54, 1.807) is 12.1 Å². The molecule has 0 aromatic heterocycles. The molecule has 3 rings (SSSR count). The number of aryl methyl sites for hydroxylation is 2. The minimum atomic E-state index is -0.424. The number of hydrogen-bond acceptors (Lipinski definition) is 4. The van der Waals surface area contributed by atoms with Crippen molar-refractivity contribution in [3.63, 3.8) is 0 Å². The third-order valence-electron chi connectivity index (χ3n) is 4.13. The molecule has 6 heteroatoms. The molecule has 1 aliphatic rings. The van der Waals surface area contributed by atoms with Gasteiger partial charge in [-0.2, -0.15) is 0 Å². The highest BCUT2D eigenvalue weighted by atomic mass is 32.2. The summed E-state index contributed by atoms with van der Waals surface area (Å²) in [6.07, 6.45) is 1.99. The summed E-state index contributed by atoms with van der Waals surface area (Å²) in [5.74, 6) is 0.402. The van der Waals surface area contributed by atoms with Crippen LogP contribution in [-0.2, 0) is 11.2 Å². The summed E-state index contributed by atoms with van der Waals surface area (Å²) in [6, 6.07) is 12.5. The van der Waals surface area contributed by atoms with E-state index in [0.29, 0.717) is 5.75 Å². The predicted molar refractivity (Wildman–Crippen MR) is 95.7 cm³/mol. The Kier molecular flexibility index (Phi) is 4.85. The molecule has 0 atom stereocenters. The van der Waals surface area contributed by atoms with Crippen LogP contribution in [-0.4, -0.2) is 23.1 Å². The van der Waals surface area contributed by atoms with Crippen molar-refractivity contribution in [1.82, 2.24) is 0 Å². The quantitative estimate of drug-likeness (QED) is 0.479. The van der Waals surface area contributed by atoms with Crippen LogP contribution >= 0.6 is 11.8 Å². The first-order valence-corrected chi connectivity index (χ1v) is 8.81. The summed E-state index contributed by atoms with van der Waals surface area (Å²) in [4.78, 5) is 25.6. The first-order valence-electron chi connectivity index (χ1n) is 7.82. The summed E-state index contributed by atoms with van der Waals surface area (Å²) < 4.78 is 0. The Morgan fingerprint density at radius 2 is 2.00 bits per heavy atom. The van der Waals surface area contributed by atoms with Crippen LogP contribution in [0.25, 0.3) is 0 Å². The van der Waals surface area contributed by atoms with E-state index in [-0.39, 0.29) is 11.6 Å². The van der Waals surface area contributed by atoms with Gasteiger partial charge in [0.05, 0.1) is 10.7 Å². The van der Waals surface area contributed by atoms with Crippen LogP contribution in [0.15, 0.2) is 47.4 Å². The lowest BCUT2D eigenvalue weighted by Crippen LogP contribution is -2.37. The largest absolute Gasteiger partial charge is 0.311 e. The van der Waals surface area contributed by atoms with Crippen molar-refractivity contribution in [2.24, 2.45) is 0 Å². The molecule has 2 aromatic carbocycles. The topological polar surface area (TPSA) is 63.5 Å². The average Bonchev–Trinajstić information content (AvgIpc) is 2.60. The summed E-state index contributed by atoms with van der Waals surface area (Å²) in [5.41, 5.74) is 3.47. The molecule has 0 radical (unpaired) electrons. The zero-order chi connectivity index (χ0) is 17.1. The van der Waals surface area contributed by atoms with E-state index in [0.717, 1.165) is 35.5 Å². The number of carbonyl (C=O) groups is 1. The van der Waals surface area contributed by atoms with Crippen molar-refractivity contribution < 1.29 is 9.72 Å². The molecule has 1 aliphatic heterocycles. The first kappa shape index (κ1) is 16.5. The molecule has 5 nitrogen and oxygen atoms in total. The molecule has 2 aromatic rings. The molecule has 0 unspecified atom stereocenters. The van der Waals surface area contributed by atoms with Gasteiger partial charge in [0.2, 0.25) is 5.91 Å². The number of nitro groups is 1. The lowest BCUT2D eigenvalue weighted by molar-refractivity contribution is -0.384. The highest BCUT2D eigenvalue weighted by Crippen LogP contribution is 2.31. The molecule has 124 valence electrons. The number of nitrogens with zero attached hydrogens (tertiary/aromatic N) is 2. The molecule has 0 saturated heterocycles. The fourth-order valence-corrected chi connectivity index (χ4v) is 3.76. The maximum absolute atomic E-state index is 12.7. The minimum absolute atomic E-state index is 0.0614. The number of hydrogen-bond donors (Lipinski definition) is 0. The fraction of sp³-hybridized carbons (Fsp3) is 0.278. The lowest BCUT2D eigenvalue weighted by atomic mass is 9.98. The molecule has 0 saturated carbocycles. The zero-order valence-corrected chi connectivity index (χ0v) is 14.2. The highest BCUT2D eigenvalue weighted by Gasteiger charge is 2.23. The molecular formula is C18H18N2O3S. The van der Waals surface area contributed by atoms with Crippen molar-refractivity contribution in [1.29, 1.82) is 0 Å². The number of rotatable bonds is 4. The first-order chi connectivity index (χ1) is 11.6. The van der Waals surface area contributed by atoms with Gasteiger partial charge >= 0.3 is 0 Å². The standard InChI is InChI=1S/C18H18N2O3S/c1-13-4-2-5-14-6-3-11-19(18(13)14)17(21)12-24-16-9-7-15(8-10-16)20(22)23/h2,4-5,7-10H,3,6,11-12H2,1H3. The summed E-state index contributed by atoms with van der Waals surface area (Å²) in [7, 11) is 0. The second kappa shape index (κ2) is 7.05. The molecule has 1 heterocycles. The van der Waals surface area contributed by atoms with Gasteiger partial charge in [-0.05, 0) is 43.0 Å². The van der Waals surface area contributed by atoms with Gasteiger partial charge in [0.25, 0.3) is 5.69 Å². The maximum Gasteiger partial charge on any atom is 0.269 e. The van der Waals surface area contributed by atoms with Crippen LogP contribution in [0.5, 0.6) is 0 Å². The average molecular weight is 342 g/mol. The van der Waals surface area contributed by atoms with Crippen LogP contribution in [0.1, 0.15) is 17.5 Å². The van der Waals surface area contributed by atoms with Gasteiger partial charge in [-0.25, -0.2) is 0 Å². The van der Waals surface area contributed by atoms with E-state index in [1.165, 1.54) is 29.5 Å². The van der Waals surface area contributed by atoms with Gasteiger partial charge in [-0.15, -0.1) is 11.8 Å². The Bertz CT molecular complexity index is 774. The smallest absolute Gasteiger partial charge is 0.269 e. The lowest BCUT2D eigenvalue weighted by Gasteiger charge is -2.31. The van der Waals surface area contributed by atoms with E-state index >= 15 is 0 Å². The van der Waals surface area contributed by atoms with Crippen molar-refractivity contribution in [2.45, 2.75) is 24.7 Å². The fourth-order valence-electron chi connectivity index (χ4n) is 2.98. The molecule has 0 fully saturated rings. The zero-order valence-electron chi connectivity index (χ0n) is 13.4.